The van der Waals surface area contributed by atoms with E-state index >= 15 is 0 Å². The van der Waals surface area contributed by atoms with E-state index in [2.05, 4.69) is 9.97 Å². The van der Waals surface area contributed by atoms with E-state index < -0.39 is 6.04 Å². The number of hydrogen-bond acceptors (Lipinski definition) is 6. The van der Waals surface area contributed by atoms with Gasteiger partial charge in [0, 0.05) is 63.8 Å². The monoisotopic (exact) mass is 564 g/mol. The molecule has 8 heteroatoms. The third kappa shape index (κ3) is 8.34. The standard InChI is InChI=1S/C34H36N4O4/c1-37(21-22-41-2)34(40)31(23-26-9-5-4-6-10-26)38(33(39)19-15-27-14-18-32(42-3)36-24-27)25-28-12-16-29(17-13-28)30-11-7-8-20-35-30/h4-20,24,31H,21-23,25H2,1-3H3/b19-15+/t31-/m0/s1. The van der Waals surface area contributed by atoms with Crippen molar-refractivity contribution in [2.24, 2.45) is 0 Å². The van der Waals surface area contributed by atoms with Gasteiger partial charge in [0.2, 0.25) is 17.7 Å². The third-order valence-corrected chi connectivity index (χ3v) is 6.88. The van der Waals surface area contributed by atoms with Crippen LogP contribution in [0.4, 0.5) is 0 Å². The number of carbonyl (C=O) groups excluding carboxylic acids is 2. The molecular formula is C34H36N4O4. The average Bonchev–Trinajstić information content (AvgIpc) is 3.05. The summed E-state index contributed by atoms with van der Waals surface area (Å²) in [7, 11) is 4.89. The molecule has 0 aliphatic heterocycles. The summed E-state index contributed by atoms with van der Waals surface area (Å²) in [5, 5.41) is 0. The summed E-state index contributed by atoms with van der Waals surface area (Å²) < 4.78 is 10.3. The van der Waals surface area contributed by atoms with Gasteiger partial charge in [-0.2, -0.15) is 0 Å². The predicted octanol–water partition coefficient (Wildman–Crippen LogP) is 4.91. The fraction of sp³-hybridized carbons (Fsp3) is 0.235. The van der Waals surface area contributed by atoms with Gasteiger partial charge in [0.15, 0.2) is 0 Å². The molecular weight excluding hydrogens is 528 g/mol. The molecule has 0 fully saturated rings. The number of amides is 2. The van der Waals surface area contributed by atoms with Gasteiger partial charge >= 0.3 is 0 Å². The molecule has 2 amide bonds. The summed E-state index contributed by atoms with van der Waals surface area (Å²) in [6, 6.07) is 26.2. The minimum Gasteiger partial charge on any atom is -0.481 e. The van der Waals surface area contributed by atoms with Gasteiger partial charge in [-0.15, -0.1) is 0 Å². The first-order chi connectivity index (χ1) is 20.5. The Morgan fingerprint density at radius 1 is 0.881 bits per heavy atom. The van der Waals surface area contributed by atoms with Crippen LogP contribution in [0.25, 0.3) is 17.3 Å². The van der Waals surface area contributed by atoms with Crippen LogP contribution in [-0.2, 0) is 27.3 Å². The van der Waals surface area contributed by atoms with Crippen molar-refractivity contribution in [2.45, 2.75) is 19.0 Å². The van der Waals surface area contributed by atoms with Crippen molar-refractivity contribution in [1.82, 2.24) is 19.8 Å². The van der Waals surface area contributed by atoms with Crippen LogP contribution >= 0.6 is 0 Å². The maximum atomic E-state index is 13.9. The summed E-state index contributed by atoms with van der Waals surface area (Å²) in [5.41, 5.74) is 4.44. The van der Waals surface area contributed by atoms with Crippen LogP contribution in [0.3, 0.4) is 0 Å². The van der Waals surface area contributed by atoms with Crippen LogP contribution in [0.1, 0.15) is 16.7 Å². The zero-order chi connectivity index (χ0) is 29.7. The van der Waals surface area contributed by atoms with Crippen LogP contribution in [-0.4, -0.2) is 72.0 Å². The van der Waals surface area contributed by atoms with Crippen LogP contribution < -0.4 is 4.74 Å². The van der Waals surface area contributed by atoms with Gasteiger partial charge in [0.25, 0.3) is 0 Å². The van der Waals surface area contributed by atoms with Gasteiger partial charge in [-0.1, -0.05) is 60.7 Å². The number of nitrogens with zero attached hydrogens (tertiary/aromatic N) is 4. The topological polar surface area (TPSA) is 84.9 Å². The number of benzene rings is 2. The molecule has 0 aliphatic carbocycles. The minimum atomic E-state index is -0.740. The van der Waals surface area contributed by atoms with E-state index in [1.54, 1.807) is 55.6 Å². The van der Waals surface area contributed by atoms with E-state index in [9.17, 15) is 9.59 Å². The van der Waals surface area contributed by atoms with Gasteiger partial charge in [0.05, 0.1) is 19.4 Å². The largest absolute Gasteiger partial charge is 0.481 e. The molecule has 0 N–H and O–H groups in total. The van der Waals surface area contributed by atoms with Crippen molar-refractivity contribution in [3.05, 3.63) is 120 Å². The number of hydrogen-bond donors (Lipinski definition) is 0. The second kappa shape index (κ2) is 15.3. The zero-order valence-electron chi connectivity index (χ0n) is 24.2. The second-order valence-corrected chi connectivity index (χ2v) is 9.80. The molecule has 2 heterocycles. The van der Waals surface area contributed by atoms with E-state index in [1.807, 2.05) is 78.9 Å². The summed E-state index contributed by atoms with van der Waals surface area (Å²) in [4.78, 5) is 39.7. The molecule has 216 valence electrons. The van der Waals surface area contributed by atoms with Gasteiger partial charge < -0.3 is 19.3 Å². The Balaban J connectivity index is 1.67. The fourth-order valence-electron chi connectivity index (χ4n) is 4.49. The molecule has 4 rings (SSSR count). The molecule has 42 heavy (non-hydrogen) atoms. The molecule has 0 radical (unpaired) electrons. The van der Waals surface area contributed by atoms with Crippen molar-refractivity contribution in [1.29, 1.82) is 0 Å². The van der Waals surface area contributed by atoms with Crippen LogP contribution in [0.15, 0.2) is 103 Å². The molecule has 0 aliphatic rings. The quantitative estimate of drug-likeness (QED) is 0.215. The number of carbonyl (C=O) groups is 2. The molecule has 0 saturated heterocycles. The number of aromatic nitrogens is 2. The number of methoxy groups -OCH3 is 2. The summed E-state index contributed by atoms with van der Waals surface area (Å²) >= 11 is 0. The van der Waals surface area contributed by atoms with Gasteiger partial charge in [-0.25, -0.2) is 4.98 Å². The van der Waals surface area contributed by atoms with Crippen LogP contribution in [0.2, 0.25) is 0 Å². The summed E-state index contributed by atoms with van der Waals surface area (Å²) in [6.07, 6.45) is 6.95. The highest BCUT2D eigenvalue weighted by atomic mass is 16.5. The third-order valence-electron chi connectivity index (χ3n) is 6.88. The molecule has 0 unspecified atom stereocenters. The molecule has 0 saturated carbocycles. The highest BCUT2D eigenvalue weighted by Crippen LogP contribution is 2.21. The Labute approximate surface area is 247 Å². The number of rotatable bonds is 13. The Hall–Kier alpha value is -4.82. The summed E-state index contributed by atoms with van der Waals surface area (Å²) in [6.45, 7) is 1.05. The lowest BCUT2D eigenvalue weighted by atomic mass is 10.0. The fourth-order valence-corrected chi connectivity index (χ4v) is 4.49. The van der Waals surface area contributed by atoms with Crippen LogP contribution in [0, 0.1) is 0 Å². The smallest absolute Gasteiger partial charge is 0.247 e. The number of ether oxygens (including phenoxy) is 2. The first-order valence-electron chi connectivity index (χ1n) is 13.8. The average molecular weight is 565 g/mol. The Morgan fingerprint density at radius 2 is 1.64 bits per heavy atom. The molecule has 0 spiro atoms. The number of likely N-dealkylation sites (N-methyl/N-ethyl adjacent to an activating group) is 1. The van der Waals surface area contributed by atoms with Crippen molar-refractivity contribution in [2.75, 3.05) is 34.4 Å². The summed E-state index contributed by atoms with van der Waals surface area (Å²) in [5.74, 6) is 0.0461. The Bertz CT molecular complexity index is 1440. The predicted molar refractivity (Wildman–Crippen MR) is 163 cm³/mol. The molecule has 1 atom stereocenters. The lowest BCUT2D eigenvalue weighted by Gasteiger charge is -2.33. The molecule has 8 nitrogen and oxygen atoms in total. The highest BCUT2D eigenvalue weighted by molar-refractivity contribution is 5.95. The maximum absolute atomic E-state index is 13.9. The molecule has 2 aromatic carbocycles. The van der Waals surface area contributed by atoms with E-state index in [1.165, 1.54) is 6.08 Å². The second-order valence-electron chi connectivity index (χ2n) is 9.80. The molecule has 2 aromatic heterocycles. The minimum absolute atomic E-state index is 0.158. The van der Waals surface area contributed by atoms with Crippen molar-refractivity contribution >= 4 is 17.9 Å². The first kappa shape index (κ1) is 30.1. The zero-order valence-corrected chi connectivity index (χ0v) is 24.2. The van der Waals surface area contributed by atoms with E-state index in [4.69, 9.17) is 9.47 Å². The SMILES string of the molecule is COCCN(C)C(=O)[C@H](Cc1ccccc1)N(Cc1ccc(-c2ccccn2)cc1)C(=O)/C=C/c1ccc(OC)nc1. The Kier molecular flexibility index (Phi) is 10.9. The van der Waals surface area contributed by atoms with E-state index in [0.717, 1.165) is 27.9 Å². The van der Waals surface area contributed by atoms with Gasteiger partial charge in [0.1, 0.15) is 6.04 Å². The lowest BCUT2D eigenvalue weighted by molar-refractivity contribution is -0.143. The van der Waals surface area contributed by atoms with Gasteiger partial charge in [-0.05, 0) is 41.0 Å². The first-order valence-corrected chi connectivity index (χ1v) is 13.8. The maximum Gasteiger partial charge on any atom is 0.247 e. The van der Waals surface area contributed by atoms with Crippen molar-refractivity contribution in [3.8, 4) is 17.1 Å². The van der Waals surface area contributed by atoms with Crippen molar-refractivity contribution in [3.63, 3.8) is 0 Å². The molecule has 4 aromatic rings. The van der Waals surface area contributed by atoms with Crippen LogP contribution in [0.5, 0.6) is 5.88 Å². The van der Waals surface area contributed by atoms with Crippen molar-refractivity contribution < 1.29 is 19.1 Å². The highest BCUT2D eigenvalue weighted by Gasteiger charge is 2.31. The number of pyridine rings is 2. The normalized spacial score (nSPS) is 11.7. The Morgan fingerprint density at radius 3 is 2.29 bits per heavy atom. The van der Waals surface area contributed by atoms with Gasteiger partial charge in [-0.3, -0.25) is 14.6 Å². The molecule has 0 bridgehead atoms. The lowest BCUT2D eigenvalue weighted by Crippen LogP contribution is -2.51. The van der Waals surface area contributed by atoms with E-state index in [0.29, 0.717) is 25.5 Å². The van der Waals surface area contributed by atoms with E-state index in [-0.39, 0.29) is 18.4 Å².